The minimum atomic E-state index is 0.242. The maximum absolute atomic E-state index is 5.59. The molecule has 0 bridgehead atoms. The van der Waals surface area contributed by atoms with E-state index in [0.29, 0.717) is 0 Å². The van der Waals surface area contributed by atoms with Crippen molar-refractivity contribution in [3.63, 3.8) is 0 Å². The molecule has 1 aromatic carbocycles. The fourth-order valence-electron chi connectivity index (χ4n) is 1.89. The Hall–Kier alpha value is -1.77. The van der Waals surface area contributed by atoms with Crippen LogP contribution >= 0.6 is 0 Å². The maximum Gasteiger partial charge on any atom is 0.292 e. The van der Waals surface area contributed by atoms with Crippen LogP contribution in [-0.2, 0) is 6.42 Å². The van der Waals surface area contributed by atoms with E-state index >= 15 is 0 Å². The van der Waals surface area contributed by atoms with Gasteiger partial charge in [0.05, 0.1) is 5.69 Å². The van der Waals surface area contributed by atoms with Gasteiger partial charge in [0.1, 0.15) is 0 Å². The number of nitrogens with zero attached hydrogens (tertiary/aromatic N) is 1. The van der Waals surface area contributed by atoms with Crippen LogP contribution in [0.1, 0.15) is 23.7 Å². The van der Waals surface area contributed by atoms with Crippen LogP contribution in [-0.4, -0.2) is 4.98 Å². The lowest BCUT2D eigenvalue weighted by Gasteiger charge is -2.04. The Morgan fingerprint density at radius 1 is 1.31 bits per heavy atom. The lowest BCUT2D eigenvalue weighted by molar-refractivity contribution is 0.593. The first kappa shape index (κ1) is 10.7. The number of aryl methyl sites for hydroxylation is 3. The first-order chi connectivity index (χ1) is 7.61. The molecule has 1 aromatic heterocycles. The molecule has 0 aliphatic rings. The average molecular weight is 216 g/mol. The quantitative estimate of drug-likeness (QED) is 0.839. The van der Waals surface area contributed by atoms with Gasteiger partial charge in [0, 0.05) is 5.56 Å². The van der Waals surface area contributed by atoms with Crippen molar-refractivity contribution >= 4 is 6.01 Å². The van der Waals surface area contributed by atoms with Crippen LogP contribution in [0.3, 0.4) is 0 Å². The summed E-state index contributed by atoms with van der Waals surface area (Å²) in [4.78, 5) is 4.18. The third-order valence-electron chi connectivity index (χ3n) is 2.68. The van der Waals surface area contributed by atoms with Gasteiger partial charge in [0.2, 0.25) is 0 Å². The molecule has 0 atom stereocenters. The normalized spacial score (nSPS) is 10.7. The number of nitrogen functional groups attached to an aromatic ring is 1. The zero-order valence-electron chi connectivity index (χ0n) is 9.87. The molecule has 3 heteroatoms. The van der Waals surface area contributed by atoms with Gasteiger partial charge in [0.25, 0.3) is 6.01 Å². The molecular formula is C13H16N2O. The molecule has 0 spiro atoms. The Bertz CT molecular complexity index is 515. The third kappa shape index (κ3) is 1.81. The zero-order valence-corrected chi connectivity index (χ0v) is 9.87. The molecule has 0 radical (unpaired) electrons. The number of aromatic nitrogens is 1. The SMILES string of the molecule is CCc1nc(N)oc1-c1ccc(C)cc1C. The van der Waals surface area contributed by atoms with Crippen LogP contribution in [0.2, 0.25) is 0 Å². The molecule has 0 aliphatic carbocycles. The fraction of sp³-hybridized carbons (Fsp3) is 0.308. The molecule has 0 saturated carbocycles. The third-order valence-corrected chi connectivity index (χ3v) is 2.68. The van der Waals surface area contributed by atoms with E-state index in [1.165, 1.54) is 11.1 Å². The molecule has 1 heterocycles. The van der Waals surface area contributed by atoms with Gasteiger partial charge < -0.3 is 10.2 Å². The molecular weight excluding hydrogens is 200 g/mol. The molecule has 16 heavy (non-hydrogen) atoms. The highest BCUT2D eigenvalue weighted by Gasteiger charge is 2.13. The van der Waals surface area contributed by atoms with Crippen molar-refractivity contribution in [1.29, 1.82) is 0 Å². The highest BCUT2D eigenvalue weighted by Crippen LogP contribution is 2.29. The summed E-state index contributed by atoms with van der Waals surface area (Å²) in [5.41, 5.74) is 10.0. The van der Waals surface area contributed by atoms with Crippen LogP contribution < -0.4 is 5.73 Å². The Labute approximate surface area is 95.3 Å². The van der Waals surface area contributed by atoms with Gasteiger partial charge in [-0.15, -0.1) is 0 Å². The van der Waals surface area contributed by atoms with Crippen molar-refractivity contribution in [2.75, 3.05) is 5.73 Å². The van der Waals surface area contributed by atoms with Gasteiger partial charge in [-0.3, -0.25) is 0 Å². The van der Waals surface area contributed by atoms with Crippen molar-refractivity contribution in [2.24, 2.45) is 0 Å². The maximum atomic E-state index is 5.59. The van der Waals surface area contributed by atoms with E-state index in [1.54, 1.807) is 0 Å². The highest BCUT2D eigenvalue weighted by atomic mass is 16.4. The van der Waals surface area contributed by atoms with Crippen molar-refractivity contribution in [1.82, 2.24) is 4.98 Å². The van der Waals surface area contributed by atoms with Crippen LogP contribution in [0.25, 0.3) is 11.3 Å². The predicted molar refractivity (Wildman–Crippen MR) is 65.2 cm³/mol. The standard InChI is InChI=1S/C13H16N2O/c1-4-11-12(16-13(14)15-11)10-6-5-8(2)7-9(10)3/h5-7H,4H2,1-3H3,(H2,14,15). The van der Waals surface area contributed by atoms with Crippen molar-refractivity contribution in [3.05, 3.63) is 35.0 Å². The minimum Gasteiger partial charge on any atom is -0.423 e. The van der Waals surface area contributed by atoms with Crippen molar-refractivity contribution in [3.8, 4) is 11.3 Å². The molecule has 2 aromatic rings. The van der Waals surface area contributed by atoms with E-state index in [-0.39, 0.29) is 6.01 Å². The molecule has 2 rings (SSSR count). The number of nitrogens with two attached hydrogens (primary N) is 1. The Balaban J connectivity index is 2.57. The minimum absolute atomic E-state index is 0.242. The molecule has 2 N–H and O–H groups in total. The van der Waals surface area contributed by atoms with Gasteiger partial charge >= 0.3 is 0 Å². The molecule has 84 valence electrons. The van der Waals surface area contributed by atoms with E-state index in [0.717, 1.165) is 23.4 Å². The van der Waals surface area contributed by atoms with Crippen LogP contribution in [0, 0.1) is 13.8 Å². The Morgan fingerprint density at radius 3 is 2.69 bits per heavy atom. The van der Waals surface area contributed by atoms with Gasteiger partial charge in [-0.25, -0.2) is 0 Å². The largest absolute Gasteiger partial charge is 0.423 e. The zero-order chi connectivity index (χ0) is 11.7. The molecule has 0 amide bonds. The van der Waals surface area contributed by atoms with E-state index in [1.807, 2.05) is 6.92 Å². The van der Waals surface area contributed by atoms with E-state index in [2.05, 4.69) is 37.0 Å². The van der Waals surface area contributed by atoms with Crippen LogP contribution in [0.15, 0.2) is 22.6 Å². The summed E-state index contributed by atoms with van der Waals surface area (Å²) >= 11 is 0. The Morgan fingerprint density at radius 2 is 2.06 bits per heavy atom. The second kappa shape index (κ2) is 4.00. The number of rotatable bonds is 2. The van der Waals surface area contributed by atoms with Crippen LogP contribution in [0.5, 0.6) is 0 Å². The smallest absolute Gasteiger partial charge is 0.292 e. The average Bonchev–Trinajstić information content (AvgIpc) is 2.59. The Kier molecular flexibility index (Phi) is 2.69. The number of benzene rings is 1. The van der Waals surface area contributed by atoms with E-state index in [4.69, 9.17) is 10.2 Å². The lowest BCUT2D eigenvalue weighted by atomic mass is 10.0. The summed E-state index contributed by atoms with van der Waals surface area (Å²) in [5.74, 6) is 0.803. The summed E-state index contributed by atoms with van der Waals surface area (Å²) in [5, 5.41) is 0. The summed E-state index contributed by atoms with van der Waals surface area (Å²) in [7, 11) is 0. The number of oxazole rings is 1. The summed E-state index contributed by atoms with van der Waals surface area (Å²) < 4.78 is 5.48. The predicted octanol–water partition coefficient (Wildman–Crippen LogP) is 3.10. The number of hydrogen-bond acceptors (Lipinski definition) is 3. The summed E-state index contributed by atoms with van der Waals surface area (Å²) in [6.45, 7) is 6.19. The summed E-state index contributed by atoms with van der Waals surface area (Å²) in [6, 6.07) is 6.50. The first-order valence-electron chi connectivity index (χ1n) is 5.44. The van der Waals surface area contributed by atoms with Crippen LogP contribution in [0.4, 0.5) is 6.01 Å². The lowest BCUT2D eigenvalue weighted by Crippen LogP contribution is -1.88. The first-order valence-corrected chi connectivity index (χ1v) is 5.44. The molecule has 0 aliphatic heterocycles. The summed E-state index contributed by atoms with van der Waals surface area (Å²) in [6.07, 6.45) is 0.823. The van der Waals surface area contributed by atoms with Crippen molar-refractivity contribution in [2.45, 2.75) is 27.2 Å². The number of hydrogen-bond donors (Lipinski definition) is 1. The number of anilines is 1. The highest BCUT2D eigenvalue weighted by molar-refractivity contribution is 5.65. The second-order valence-electron chi connectivity index (χ2n) is 4.00. The van der Waals surface area contributed by atoms with Gasteiger partial charge in [-0.1, -0.05) is 30.7 Å². The van der Waals surface area contributed by atoms with Gasteiger partial charge in [-0.05, 0) is 25.8 Å². The molecule has 0 saturated heterocycles. The van der Waals surface area contributed by atoms with Crippen molar-refractivity contribution < 1.29 is 4.42 Å². The van der Waals surface area contributed by atoms with Gasteiger partial charge in [-0.2, -0.15) is 4.98 Å². The molecule has 3 nitrogen and oxygen atoms in total. The second-order valence-corrected chi connectivity index (χ2v) is 4.00. The fourth-order valence-corrected chi connectivity index (χ4v) is 1.89. The topological polar surface area (TPSA) is 52.0 Å². The molecule has 0 fully saturated rings. The van der Waals surface area contributed by atoms with Gasteiger partial charge in [0.15, 0.2) is 5.76 Å². The monoisotopic (exact) mass is 216 g/mol. The molecule has 0 unspecified atom stereocenters. The van der Waals surface area contributed by atoms with E-state index < -0.39 is 0 Å². The van der Waals surface area contributed by atoms with E-state index in [9.17, 15) is 0 Å².